The zero-order valence-electron chi connectivity index (χ0n) is 15.7. The molecular weight excluding hydrogens is 397 g/mol. The summed E-state index contributed by atoms with van der Waals surface area (Å²) in [5.41, 5.74) is 6.36. The fraction of sp³-hybridized carbons (Fsp3) is 0.333. The number of ether oxygens (including phenoxy) is 2. The zero-order chi connectivity index (χ0) is 20.7. The number of aryl methyl sites for hydroxylation is 1. The van der Waals surface area contributed by atoms with Gasteiger partial charge in [0.1, 0.15) is 23.2 Å². The van der Waals surface area contributed by atoms with Crippen molar-refractivity contribution in [2.24, 2.45) is 5.73 Å². The van der Waals surface area contributed by atoms with Gasteiger partial charge in [-0.2, -0.15) is 5.26 Å². The Kier molecular flexibility index (Phi) is 5.07. The van der Waals surface area contributed by atoms with Crippen LogP contribution in [0.2, 0.25) is 5.02 Å². The molecule has 2 aliphatic rings. The van der Waals surface area contributed by atoms with Crippen molar-refractivity contribution in [1.29, 1.82) is 5.26 Å². The first-order chi connectivity index (χ1) is 13.9. The van der Waals surface area contributed by atoms with Gasteiger partial charge in [0.2, 0.25) is 5.88 Å². The van der Waals surface area contributed by atoms with E-state index < -0.39 is 11.7 Å². The third-order valence-corrected chi connectivity index (χ3v) is 5.72. The van der Waals surface area contributed by atoms with Crippen LogP contribution in [0.4, 0.5) is 4.39 Å². The van der Waals surface area contributed by atoms with Crippen LogP contribution in [0.3, 0.4) is 0 Å². The summed E-state index contributed by atoms with van der Waals surface area (Å²) in [7, 11) is 0. The van der Waals surface area contributed by atoms with Crippen LogP contribution in [0.5, 0.6) is 5.75 Å². The Morgan fingerprint density at radius 1 is 1.41 bits per heavy atom. The number of aromatic nitrogens is 1. The molecule has 0 aliphatic carbocycles. The van der Waals surface area contributed by atoms with Gasteiger partial charge in [-0.3, -0.25) is 4.79 Å². The summed E-state index contributed by atoms with van der Waals surface area (Å²) in [6.07, 6.45) is 1.73. The van der Waals surface area contributed by atoms with E-state index in [1.54, 1.807) is 17.6 Å². The highest BCUT2D eigenvalue weighted by Gasteiger charge is 2.37. The van der Waals surface area contributed by atoms with Crippen LogP contribution in [-0.2, 0) is 11.3 Å². The van der Waals surface area contributed by atoms with Crippen LogP contribution in [-0.4, -0.2) is 17.3 Å². The minimum absolute atomic E-state index is 0.0304. The lowest BCUT2D eigenvalue weighted by Gasteiger charge is -2.28. The van der Waals surface area contributed by atoms with Crippen molar-refractivity contribution >= 4 is 11.6 Å². The molecule has 0 unspecified atom stereocenters. The van der Waals surface area contributed by atoms with Crippen LogP contribution in [0, 0.1) is 24.1 Å². The van der Waals surface area contributed by atoms with Gasteiger partial charge in [-0.05, 0) is 31.9 Å². The normalized spacial score (nSPS) is 20.9. The lowest BCUT2D eigenvalue weighted by Crippen LogP contribution is -2.35. The van der Waals surface area contributed by atoms with E-state index in [2.05, 4.69) is 0 Å². The Labute approximate surface area is 171 Å². The van der Waals surface area contributed by atoms with Crippen LogP contribution in [0.25, 0.3) is 0 Å². The first-order valence-electron chi connectivity index (χ1n) is 9.29. The molecule has 2 atom stereocenters. The molecule has 4 rings (SSSR count). The number of hydrogen-bond donors (Lipinski definition) is 1. The Balaban J connectivity index is 1.95. The fourth-order valence-electron chi connectivity index (χ4n) is 3.98. The first kappa shape index (κ1) is 19.5. The zero-order valence-corrected chi connectivity index (χ0v) is 16.5. The Hall–Kier alpha value is -2.82. The average Bonchev–Trinajstić information content (AvgIpc) is 3.18. The molecule has 3 heterocycles. The van der Waals surface area contributed by atoms with Crippen LogP contribution < -0.4 is 16.0 Å². The molecule has 2 N–H and O–H groups in total. The van der Waals surface area contributed by atoms with Gasteiger partial charge in [0.05, 0.1) is 24.1 Å². The van der Waals surface area contributed by atoms with E-state index in [1.807, 2.05) is 6.07 Å². The Morgan fingerprint density at radius 2 is 2.21 bits per heavy atom. The first-order valence-corrected chi connectivity index (χ1v) is 9.67. The number of fused-ring (bicyclic) bond motifs is 1. The fourth-order valence-corrected chi connectivity index (χ4v) is 4.25. The standard InChI is InChI=1S/C21H19ClFN3O3/c1-11-8-16-19(21(27)26(11)10-12-4-3-7-28-12)17(13(9-24)20(25)29-16)18-14(22)5-2-6-15(18)23/h2,5-6,8,12,17H,3-4,7,10,25H2,1H3/t12-,17-/m0/s1. The maximum Gasteiger partial charge on any atom is 0.258 e. The summed E-state index contributed by atoms with van der Waals surface area (Å²) in [4.78, 5) is 13.5. The monoisotopic (exact) mass is 415 g/mol. The van der Waals surface area contributed by atoms with Gasteiger partial charge in [0, 0.05) is 29.0 Å². The number of hydrogen-bond acceptors (Lipinski definition) is 5. The highest BCUT2D eigenvalue weighted by molar-refractivity contribution is 6.31. The Morgan fingerprint density at radius 3 is 2.86 bits per heavy atom. The summed E-state index contributed by atoms with van der Waals surface area (Å²) < 4.78 is 27.6. The molecule has 1 fully saturated rings. The summed E-state index contributed by atoms with van der Waals surface area (Å²) in [5, 5.41) is 9.79. The van der Waals surface area contributed by atoms with Crippen LogP contribution >= 0.6 is 11.6 Å². The van der Waals surface area contributed by atoms with Crippen LogP contribution in [0.1, 0.15) is 35.6 Å². The van der Waals surface area contributed by atoms with E-state index in [4.69, 9.17) is 26.8 Å². The highest BCUT2D eigenvalue weighted by atomic mass is 35.5. The lowest BCUT2D eigenvalue weighted by atomic mass is 9.83. The molecular formula is C21H19ClFN3O3. The van der Waals surface area contributed by atoms with E-state index in [1.165, 1.54) is 18.2 Å². The number of allylic oxidation sites excluding steroid dienone is 1. The summed E-state index contributed by atoms with van der Waals surface area (Å²) >= 11 is 6.28. The van der Waals surface area contributed by atoms with Gasteiger partial charge in [-0.25, -0.2) is 4.39 Å². The molecule has 150 valence electrons. The molecule has 8 heteroatoms. The number of halogens is 2. The number of nitriles is 1. The van der Waals surface area contributed by atoms with Crippen molar-refractivity contribution < 1.29 is 13.9 Å². The minimum atomic E-state index is -1.05. The summed E-state index contributed by atoms with van der Waals surface area (Å²) in [5.74, 6) is -1.64. The Bertz CT molecular complexity index is 1090. The van der Waals surface area contributed by atoms with Gasteiger partial charge < -0.3 is 19.8 Å². The van der Waals surface area contributed by atoms with Crippen molar-refractivity contribution in [3.05, 3.63) is 73.7 Å². The van der Waals surface area contributed by atoms with Gasteiger partial charge >= 0.3 is 0 Å². The second kappa shape index (κ2) is 7.54. The number of nitrogens with zero attached hydrogens (tertiary/aromatic N) is 2. The maximum atomic E-state index is 14.8. The van der Waals surface area contributed by atoms with Gasteiger partial charge in [-0.1, -0.05) is 17.7 Å². The molecule has 0 spiro atoms. The average molecular weight is 416 g/mol. The van der Waals surface area contributed by atoms with E-state index >= 15 is 0 Å². The van der Waals surface area contributed by atoms with Crippen molar-refractivity contribution in [3.63, 3.8) is 0 Å². The molecule has 1 saturated heterocycles. The van der Waals surface area contributed by atoms with E-state index in [-0.39, 0.29) is 45.0 Å². The summed E-state index contributed by atoms with van der Waals surface area (Å²) in [6.45, 7) is 2.82. The maximum absolute atomic E-state index is 14.8. The number of rotatable bonds is 3. The number of nitrogens with two attached hydrogens (primary N) is 1. The number of benzene rings is 1. The van der Waals surface area contributed by atoms with E-state index in [0.29, 0.717) is 18.8 Å². The van der Waals surface area contributed by atoms with Crippen LogP contribution in [0.15, 0.2) is 40.5 Å². The van der Waals surface area contributed by atoms with E-state index in [9.17, 15) is 14.4 Å². The molecule has 0 radical (unpaired) electrons. The molecule has 0 bridgehead atoms. The van der Waals surface area contributed by atoms with Crippen molar-refractivity contribution in [2.45, 2.75) is 38.3 Å². The van der Waals surface area contributed by atoms with Crippen molar-refractivity contribution in [2.75, 3.05) is 6.61 Å². The van der Waals surface area contributed by atoms with Crippen molar-refractivity contribution in [3.8, 4) is 11.8 Å². The summed E-state index contributed by atoms with van der Waals surface area (Å²) in [6, 6.07) is 7.85. The highest BCUT2D eigenvalue weighted by Crippen LogP contribution is 2.43. The molecule has 1 aromatic carbocycles. The second-order valence-electron chi connectivity index (χ2n) is 7.17. The minimum Gasteiger partial charge on any atom is -0.440 e. The molecule has 29 heavy (non-hydrogen) atoms. The molecule has 2 aliphatic heterocycles. The molecule has 2 aromatic rings. The molecule has 6 nitrogen and oxygen atoms in total. The second-order valence-corrected chi connectivity index (χ2v) is 7.58. The SMILES string of the molecule is Cc1cc2c(c(=O)n1C[C@@H]1CCCO1)[C@H](c1c(F)cccc1Cl)C(C#N)=C(N)O2. The van der Waals surface area contributed by atoms with Gasteiger partial charge in [-0.15, -0.1) is 0 Å². The van der Waals surface area contributed by atoms with Crippen molar-refractivity contribution in [1.82, 2.24) is 4.57 Å². The number of pyridine rings is 1. The molecule has 1 aromatic heterocycles. The predicted octanol–water partition coefficient (Wildman–Crippen LogP) is 3.35. The largest absolute Gasteiger partial charge is 0.440 e. The predicted molar refractivity (Wildman–Crippen MR) is 105 cm³/mol. The third-order valence-electron chi connectivity index (χ3n) is 5.39. The lowest BCUT2D eigenvalue weighted by molar-refractivity contribution is 0.0954. The third kappa shape index (κ3) is 3.28. The topological polar surface area (TPSA) is 90.3 Å². The molecule has 0 amide bonds. The van der Waals surface area contributed by atoms with E-state index in [0.717, 1.165) is 12.8 Å². The van der Waals surface area contributed by atoms with Gasteiger partial charge in [0.25, 0.3) is 5.56 Å². The van der Waals surface area contributed by atoms with Gasteiger partial charge in [0.15, 0.2) is 0 Å². The smallest absolute Gasteiger partial charge is 0.258 e. The molecule has 0 saturated carbocycles. The quantitative estimate of drug-likeness (QED) is 0.830.